The number of hydrogen-bond donors (Lipinski definition) is 2. The molecule has 0 radical (unpaired) electrons. The third kappa shape index (κ3) is 4.13. The third-order valence-corrected chi connectivity index (χ3v) is 3.03. The molecule has 1 aromatic rings. The first-order valence-electron chi connectivity index (χ1n) is 6.36. The number of nitrogens with one attached hydrogen (secondary N) is 1. The molecule has 3 N–H and O–H groups in total. The molecular weight excluding hydrogens is 212 g/mol. The molecule has 4 heteroatoms. The largest absolute Gasteiger partial charge is 0.275 e. The Kier molecular flexibility index (Phi) is 4.71. The highest BCUT2D eigenvalue weighted by atomic mass is 15.3. The number of nitrogens with two attached hydrogens (primary N) is 1. The second-order valence-electron chi connectivity index (χ2n) is 5.88. The van der Waals surface area contributed by atoms with Gasteiger partial charge in [0.05, 0.1) is 5.69 Å². The molecule has 1 heterocycles. The van der Waals surface area contributed by atoms with Crippen LogP contribution in [0.1, 0.15) is 57.8 Å². The Morgan fingerprint density at radius 2 is 2.12 bits per heavy atom. The number of aryl methyl sites for hydroxylation is 2. The van der Waals surface area contributed by atoms with Gasteiger partial charge in [-0.25, -0.2) is 0 Å². The highest BCUT2D eigenvalue weighted by Crippen LogP contribution is 2.28. The molecule has 0 bridgehead atoms. The van der Waals surface area contributed by atoms with E-state index in [1.807, 2.05) is 11.7 Å². The number of rotatable bonds is 5. The minimum Gasteiger partial charge on any atom is -0.275 e. The van der Waals surface area contributed by atoms with Crippen LogP contribution in [-0.2, 0) is 13.5 Å². The first kappa shape index (κ1) is 14.2. The first-order valence-corrected chi connectivity index (χ1v) is 6.36. The highest BCUT2D eigenvalue weighted by molar-refractivity contribution is 5.21. The van der Waals surface area contributed by atoms with Gasteiger partial charge in [0.25, 0.3) is 0 Å². The molecular formula is C13H26N4. The topological polar surface area (TPSA) is 55.9 Å². The van der Waals surface area contributed by atoms with Crippen molar-refractivity contribution < 1.29 is 0 Å². The minimum absolute atomic E-state index is 0.206. The van der Waals surface area contributed by atoms with Crippen molar-refractivity contribution in [3.63, 3.8) is 0 Å². The van der Waals surface area contributed by atoms with E-state index in [1.165, 1.54) is 5.56 Å². The molecule has 17 heavy (non-hydrogen) atoms. The summed E-state index contributed by atoms with van der Waals surface area (Å²) in [7, 11) is 1.96. The Bertz CT molecular complexity index is 349. The van der Waals surface area contributed by atoms with E-state index in [0.29, 0.717) is 5.41 Å². The van der Waals surface area contributed by atoms with E-state index in [1.54, 1.807) is 0 Å². The van der Waals surface area contributed by atoms with Gasteiger partial charge in [-0.2, -0.15) is 5.10 Å². The Hall–Kier alpha value is -0.870. The van der Waals surface area contributed by atoms with E-state index in [-0.39, 0.29) is 6.04 Å². The zero-order valence-corrected chi connectivity index (χ0v) is 11.7. The Labute approximate surface area is 105 Å². The highest BCUT2D eigenvalue weighted by Gasteiger charge is 2.19. The maximum Gasteiger partial charge on any atom is 0.0670 e. The number of hydrazine groups is 1. The van der Waals surface area contributed by atoms with Gasteiger partial charge in [-0.05, 0) is 24.7 Å². The van der Waals surface area contributed by atoms with Crippen molar-refractivity contribution in [1.82, 2.24) is 15.2 Å². The summed E-state index contributed by atoms with van der Waals surface area (Å²) >= 11 is 0. The fourth-order valence-electron chi connectivity index (χ4n) is 2.02. The molecule has 0 saturated heterocycles. The van der Waals surface area contributed by atoms with Crippen LogP contribution in [0.15, 0.2) is 6.20 Å². The van der Waals surface area contributed by atoms with Crippen LogP contribution in [-0.4, -0.2) is 9.78 Å². The van der Waals surface area contributed by atoms with Crippen molar-refractivity contribution in [2.75, 3.05) is 0 Å². The predicted octanol–water partition coefficient (Wildman–Crippen LogP) is 2.31. The van der Waals surface area contributed by atoms with Crippen LogP contribution < -0.4 is 11.3 Å². The van der Waals surface area contributed by atoms with Crippen molar-refractivity contribution >= 4 is 0 Å². The minimum atomic E-state index is 0.206. The van der Waals surface area contributed by atoms with E-state index in [2.05, 4.69) is 44.4 Å². The summed E-state index contributed by atoms with van der Waals surface area (Å²) in [5, 5.41) is 4.46. The van der Waals surface area contributed by atoms with Gasteiger partial charge in [0.2, 0.25) is 0 Å². The lowest BCUT2D eigenvalue weighted by molar-refractivity contribution is 0.333. The summed E-state index contributed by atoms with van der Waals surface area (Å²) < 4.78 is 1.87. The molecule has 4 nitrogen and oxygen atoms in total. The summed E-state index contributed by atoms with van der Waals surface area (Å²) in [6, 6.07) is 0.206. The second kappa shape index (κ2) is 5.65. The lowest BCUT2D eigenvalue weighted by atomic mass is 9.87. The fourth-order valence-corrected chi connectivity index (χ4v) is 2.02. The summed E-state index contributed by atoms with van der Waals surface area (Å²) in [6.07, 6.45) is 5.20. The van der Waals surface area contributed by atoms with Crippen molar-refractivity contribution in [3.05, 3.63) is 17.5 Å². The molecule has 0 fully saturated rings. The standard InChI is InChI=1S/C13H26N4/c1-6-11-10(9-17(5)16-11)12(15-14)7-8-13(2,3)4/h9,12,15H,6-8,14H2,1-5H3. The van der Waals surface area contributed by atoms with Crippen molar-refractivity contribution in [2.24, 2.45) is 18.3 Å². The van der Waals surface area contributed by atoms with Gasteiger partial charge in [0.1, 0.15) is 0 Å². The lowest BCUT2D eigenvalue weighted by Gasteiger charge is -2.22. The third-order valence-electron chi connectivity index (χ3n) is 3.03. The normalized spacial score (nSPS) is 14.0. The average molecular weight is 238 g/mol. The summed E-state index contributed by atoms with van der Waals surface area (Å²) in [5.41, 5.74) is 5.64. The van der Waals surface area contributed by atoms with Crippen LogP contribution >= 0.6 is 0 Å². The van der Waals surface area contributed by atoms with Crippen molar-refractivity contribution in [2.45, 2.75) is 53.0 Å². The molecule has 0 aliphatic carbocycles. The van der Waals surface area contributed by atoms with Gasteiger partial charge in [0, 0.05) is 24.8 Å². The maximum atomic E-state index is 5.68. The quantitative estimate of drug-likeness (QED) is 0.611. The van der Waals surface area contributed by atoms with Crippen LogP contribution in [0.2, 0.25) is 0 Å². The Balaban J connectivity index is 2.78. The monoisotopic (exact) mass is 238 g/mol. The molecule has 1 unspecified atom stereocenters. The molecule has 1 rings (SSSR count). The van der Waals surface area contributed by atoms with E-state index in [4.69, 9.17) is 5.84 Å². The summed E-state index contributed by atoms with van der Waals surface area (Å²) in [5.74, 6) is 5.68. The number of aromatic nitrogens is 2. The molecule has 1 aromatic heterocycles. The smallest absolute Gasteiger partial charge is 0.0670 e. The van der Waals surface area contributed by atoms with Crippen LogP contribution in [0, 0.1) is 5.41 Å². The lowest BCUT2D eigenvalue weighted by Crippen LogP contribution is -2.29. The zero-order chi connectivity index (χ0) is 13.1. The SMILES string of the molecule is CCc1nn(C)cc1C(CCC(C)(C)C)NN. The van der Waals surface area contributed by atoms with Crippen LogP contribution in [0.3, 0.4) is 0 Å². The maximum absolute atomic E-state index is 5.68. The van der Waals surface area contributed by atoms with Crippen LogP contribution in [0.25, 0.3) is 0 Å². The molecule has 0 aromatic carbocycles. The Morgan fingerprint density at radius 1 is 1.47 bits per heavy atom. The molecule has 0 amide bonds. The number of nitrogens with zero attached hydrogens (tertiary/aromatic N) is 2. The summed E-state index contributed by atoms with van der Waals surface area (Å²) in [6.45, 7) is 8.89. The second-order valence-corrected chi connectivity index (χ2v) is 5.88. The molecule has 0 spiro atoms. The van der Waals surface area contributed by atoms with E-state index in [9.17, 15) is 0 Å². The van der Waals surface area contributed by atoms with Gasteiger partial charge >= 0.3 is 0 Å². The van der Waals surface area contributed by atoms with Gasteiger partial charge in [-0.1, -0.05) is 27.7 Å². The van der Waals surface area contributed by atoms with Crippen LogP contribution in [0.5, 0.6) is 0 Å². The predicted molar refractivity (Wildman–Crippen MR) is 71.3 cm³/mol. The van der Waals surface area contributed by atoms with Gasteiger partial charge in [-0.15, -0.1) is 0 Å². The molecule has 1 atom stereocenters. The van der Waals surface area contributed by atoms with Gasteiger partial charge in [-0.3, -0.25) is 16.0 Å². The molecule has 0 aliphatic heterocycles. The average Bonchev–Trinajstić information content (AvgIpc) is 2.59. The summed E-state index contributed by atoms with van der Waals surface area (Å²) in [4.78, 5) is 0. The molecule has 0 aliphatic rings. The fraction of sp³-hybridized carbons (Fsp3) is 0.769. The van der Waals surface area contributed by atoms with E-state index in [0.717, 1.165) is 25.0 Å². The zero-order valence-electron chi connectivity index (χ0n) is 11.7. The van der Waals surface area contributed by atoms with E-state index < -0.39 is 0 Å². The molecule has 98 valence electrons. The van der Waals surface area contributed by atoms with Gasteiger partial charge in [0.15, 0.2) is 0 Å². The van der Waals surface area contributed by atoms with Gasteiger partial charge < -0.3 is 0 Å². The first-order chi connectivity index (χ1) is 7.87. The van der Waals surface area contributed by atoms with Crippen LogP contribution in [0.4, 0.5) is 0 Å². The van der Waals surface area contributed by atoms with Crippen molar-refractivity contribution in [3.8, 4) is 0 Å². The van der Waals surface area contributed by atoms with E-state index >= 15 is 0 Å². The molecule has 0 saturated carbocycles. The number of hydrogen-bond acceptors (Lipinski definition) is 3. The Morgan fingerprint density at radius 3 is 2.59 bits per heavy atom. The van der Waals surface area contributed by atoms with Crippen molar-refractivity contribution in [1.29, 1.82) is 0 Å².